The van der Waals surface area contributed by atoms with Crippen molar-refractivity contribution in [1.82, 2.24) is 4.98 Å². The van der Waals surface area contributed by atoms with E-state index in [1.54, 1.807) is 0 Å². The second kappa shape index (κ2) is 6.64. The second-order valence-electron chi connectivity index (χ2n) is 5.43. The van der Waals surface area contributed by atoms with Crippen LogP contribution in [0.4, 0.5) is 11.5 Å². The lowest BCUT2D eigenvalue weighted by Gasteiger charge is -2.29. The number of nitrogen functional groups attached to an aromatic ring is 1. The Balaban J connectivity index is 1.93. The Hall–Kier alpha value is -1.45. The van der Waals surface area contributed by atoms with Gasteiger partial charge in [0.05, 0.1) is 12.3 Å². The average Bonchev–Trinajstić information content (AvgIpc) is 2.41. The Morgan fingerprint density at radius 2 is 2.16 bits per heavy atom. The van der Waals surface area contributed by atoms with Gasteiger partial charge < -0.3 is 15.8 Å². The minimum absolute atomic E-state index is 0.532. The Morgan fingerprint density at radius 3 is 2.89 bits per heavy atom. The number of hydrogen-bond donors (Lipinski definition) is 2. The largest absolute Gasteiger partial charge is 0.476 e. The molecule has 1 aromatic rings. The molecule has 1 fully saturated rings. The zero-order valence-corrected chi connectivity index (χ0v) is 12.0. The molecule has 0 aromatic carbocycles. The molecule has 19 heavy (non-hydrogen) atoms. The van der Waals surface area contributed by atoms with Crippen molar-refractivity contribution in [2.45, 2.75) is 39.5 Å². The monoisotopic (exact) mass is 263 g/mol. The summed E-state index contributed by atoms with van der Waals surface area (Å²) >= 11 is 0. The van der Waals surface area contributed by atoms with Crippen molar-refractivity contribution >= 4 is 11.5 Å². The Labute approximate surface area is 115 Å². The minimum atomic E-state index is 0.532. The summed E-state index contributed by atoms with van der Waals surface area (Å²) in [6.45, 7) is 5.86. The summed E-state index contributed by atoms with van der Waals surface area (Å²) in [6, 6.07) is 3.77. The molecule has 1 heterocycles. The summed E-state index contributed by atoms with van der Waals surface area (Å²) in [5.74, 6) is 2.95. The molecule has 2 unspecified atom stereocenters. The van der Waals surface area contributed by atoms with Crippen LogP contribution in [0, 0.1) is 11.8 Å². The van der Waals surface area contributed by atoms with E-state index in [1.807, 2.05) is 19.1 Å². The molecule has 1 aliphatic rings. The fraction of sp³-hybridized carbons (Fsp3) is 0.667. The van der Waals surface area contributed by atoms with Gasteiger partial charge in [0.15, 0.2) is 0 Å². The summed E-state index contributed by atoms with van der Waals surface area (Å²) < 4.78 is 5.41. The predicted molar refractivity (Wildman–Crippen MR) is 79.4 cm³/mol. The van der Waals surface area contributed by atoms with Crippen molar-refractivity contribution in [3.63, 3.8) is 0 Å². The van der Waals surface area contributed by atoms with Crippen LogP contribution in [0.3, 0.4) is 0 Å². The van der Waals surface area contributed by atoms with Gasteiger partial charge in [-0.15, -0.1) is 0 Å². The van der Waals surface area contributed by atoms with Crippen molar-refractivity contribution in [2.24, 2.45) is 11.8 Å². The van der Waals surface area contributed by atoms with Gasteiger partial charge in [-0.25, -0.2) is 0 Å². The standard InChI is InChI=1S/C15H25N3O/c1-3-19-15-13(16)8-9-14(18-15)17-10-12-7-5-4-6-11(12)2/h8-9,11-12H,3-7,10,16H2,1-2H3,(H,17,18). The first kappa shape index (κ1) is 14.0. The SMILES string of the molecule is CCOc1nc(NCC2CCCCC2C)ccc1N. The van der Waals surface area contributed by atoms with Crippen molar-refractivity contribution in [3.05, 3.63) is 12.1 Å². The maximum absolute atomic E-state index is 5.82. The lowest BCUT2D eigenvalue weighted by Crippen LogP contribution is -2.24. The molecule has 2 atom stereocenters. The summed E-state index contributed by atoms with van der Waals surface area (Å²) in [6.07, 6.45) is 5.41. The molecule has 0 spiro atoms. The van der Waals surface area contributed by atoms with Crippen LogP contribution in [0.2, 0.25) is 0 Å². The molecular weight excluding hydrogens is 238 g/mol. The molecule has 0 saturated heterocycles. The van der Waals surface area contributed by atoms with E-state index < -0.39 is 0 Å². The lowest BCUT2D eigenvalue weighted by atomic mass is 9.80. The number of aromatic nitrogens is 1. The molecule has 1 saturated carbocycles. The highest BCUT2D eigenvalue weighted by molar-refractivity contribution is 5.53. The molecule has 4 nitrogen and oxygen atoms in total. The fourth-order valence-corrected chi connectivity index (χ4v) is 2.73. The highest BCUT2D eigenvalue weighted by Crippen LogP contribution is 2.30. The zero-order chi connectivity index (χ0) is 13.7. The van der Waals surface area contributed by atoms with Gasteiger partial charge >= 0.3 is 0 Å². The van der Waals surface area contributed by atoms with Gasteiger partial charge in [-0.2, -0.15) is 4.98 Å². The third-order valence-corrected chi connectivity index (χ3v) is 4.01. The first-order valence-corrected chi connectivity index (χ1v) is 7.34. The van der Waals surface area contributed by atoms with Gasteiger partial charge in [-0.05, 0) is 37.3 Å². The van der Waals surface area contributed by atoms with Gasteiger partial charge in [0.2, 0.25) is 5.88 Å². The molecule has 3 N–H and O–H groups in total. The van der Waals surface area contributed by atoms with Crippen LogP contribution in [0.5, 0.6) is 5.88 Å². The van der Waals surface area contributed by atoms with Gasteiger partial charge in [0.25, 0.3) is 0 Å². The Bertz CT molecular complexity index is 408. The van der Waals surface area contributed by atoms with Gasteiger partial charge in [0.1, 0.15) is 5.82 Å². The van der Waals surface area contributed by atoms with Crippen LogP contribution in [0.25, 0.3) is 0 Å². The quantitative estimate of drug-likeness (QED) is 0.855. The van der Waals surface area contributed by atoms with Crippen molar-refractivity contribution in [2.75, 3.05) is 24.2 Å². The maximum Gasteiger partial charge on any atom is 0.239 e. The zero-order valence-electron chi connectivity index (χ0n) is 12.0. The topological polar surface area (TPSA) is 60.2 Å². The number of hydrogen-bond acceptors (Lipinski definition) is 4. The highest BCUT2D eigenvalue weighted by atomic mass is 16.5. The molecule has 106 valence electrons. The lowest BCUT2D eigenvalue weighted by molar-refractivity contribution is 0.268. The van der Waals surface area contributed by atoms with Crippen LogP contribution in [-0.2, 0) is 0 Å². The number of ether oxygens (including phenoxy) is 1. The Kier molecular flexibility index (Phi) is 4.88. The van der Waals surface area contributed by atoms with E-state index in [0.717, 1.165) is 24.2 Å². The summed E-state index contributed by atoms with van der Waals surface area (Å²) in [4.78, 5) is 4.41. The number of pyridine rings is 1. The summed E-state index contributed by atoms with van der Waals surface area (Å²) in [5, 5.41) is 3.42. The second-order valence-corrected chi connectivity index (χ2v) is 5.43. The van der Waals surface area contributed by atoms with Crippen LogP contribution in [0.1, 0.15) is 39.5 Å². The van der Waals surface area contributed by atoms with Crippen molar-refractivity contribution in [3.8, 4) is 5.88 Å². The van der Waals surface area contributed by atoms with E-state index >= 15 is 0 Å². The van der Waals surface area contributed by atoms with E-state index in [2.05, 4.69) is 17.2 Å². The van der Waals surface area contributed by atoms with Crippen LogP contribution < -0.4 is 15.8 Å². The summed E-state index contributed by atoms with van der Waals surface area (Å²) in [5.41, 5.74) is 6.42. The minimum Gasteiger partial charge on any atom is -0.476 e. The normalized spacial score (nSPS) is 23.1. The smallest absolute Gasteiger partial charge is 0.239 e. The molecule has 4 heteroatoms. The summed E-state index contributed by atoms with van der Waals surface area (Å²) in [7, 11) is 0. The molecule has 0 aliphatic heterocycles. The Morgan fingerprint density at radius 1 is 1.37 bits per heavy atom. The number of rotatable bonds is 5. The molecule has 1 aliphatic carbocycles. The van der Waals surface area contributed by atoms with Crippen LogP contribution in [-0.4, -0.2) is 18.1 Å². The van der Waals surface area contributed by atoms with E-state index in [4.69, 9.17) is 10.5 Å². The van der Waals surface area contributed by atoms with Gasteiger partial charge in [-0.3, -0.25) is 0 Å². The van der Waals surface area contributed by atoms with Gasteiger partial charge in [0, 0.05) is 6.54 Å². The van der Waals surface area contributed by atoms with E-state index in [-0.39, 0.29) is 0 Å². The third-order valence-electron chi connectivity index (χ3n) is 4.01. The van der Waals surface area contributed by atoms with Crippen LogP contribution in [0.15, 0.2) is 12.1 Å². The van der Waals surface area contributed by atoms with E-state index in [9.17, 15) is 0 Å². The predicted octanol–water partition coefficient (Wildman–Crippen LogP) is 3.30. The fourth-order valence-electron chi connectivity index (χ4n) is 2.73. The van der Waals surface area contributed by atoms with Crippen LogP contribution >= 0.6 is 0 Å². The number of anilines is 2. The molecule has 2 rings (SSSR count). The van der Waals surface area contributed by atoms with Crippen molar-refractivity contribution in [1.29, 1.82) is 0 Å². The molecule has 0 radical (unpaired) electrons. The number of nitrogens with one attached hydrogen (secondary N) is 1. The maximum atomic E-state index is 5.82. The first-order valence-electron chi connectivity index (χ1n) is 7.34. The molecule has 1 aromatic heterocycles. The average molecular weight is 263 g/mol. The highest BCUT2D eigenvalue weighted by Gasteiger charge is 2.20. The number of nitrogens with zero attached hydrogens (tertiary/aromatic N) is 1. The number of nitrogens with two attached hydrogens (primary N) is 1. The van der Waals surface area contributed by atoms with Crippen molar-refractivity contribution < 1.29 is 4.74 Å². The van der Waals surface area contributed by atoms with E-state index in [0.29, 0.717) is 18.2 Å². The molecule has 0 amide bonds. The third kappa shape index (κ3) is 3.75. The molecule has 0 bridgehead atoms. The first-order chi connectivity index (χ1) is 9.20. The molecular formula is C15H25N3O. The van der Waals surface area contributed by atoms with Gasteiger partial charge in [-0.1, -0.05) is 26.2 Å². The van der Waals surface area contributed by atoms with E-state index in [1.165, 1.54) is 25.7 Å².